The number of hydrogen-bond donors (Lipinski definition) is 3. The minimum atomic E-state index is -0.339. The number of benzene rings is 3. The van der Waals surface area contributed by atoms with Crippen LogP contribution in [0.4, 0.5) is 15.6 Å². The van der Waals surface area contributed by atoms with E-state index in [-0.39, 0.29) is 18.0 Å². The van der Waals surface area contributed by atoms with Crippen molar-refractivity contribution in [2.45, 2.75) is 26.8 Å². The molecular formula is C25H23ClN4O2S. The maximum absolute atomic E-state index is 12.8. The number of fused-ring (bicyclic) bond motifs is 1. The molecule has 6 nitrogen and oxygen atoms in total. The van der Waals surface area contributed by atoms with Crippen molar-refractivity contribution < 1.29 is 9.59 Å². The van der Waals surface area contributed by atoms with Gasteiger partial charge in [0.2, 0.25) is 0 Å². The van der Waals surface area contributed by atoms with Gasteiger partial charge in [0.1, 0.15) is 0 Å². The number of nitrogens with one attached hydrogen (secondary N) is 3. The van der Waals surface area contributed by atoms with Crippen LogP contribution in [0.25, 0.3) is 10.2 Å². The highest BCUT2D eigenvalue weighted by atomic mass is 35.5. The number of aryl methyl sites for hydroxylation is 2. The second kappa shape index (κ2) is 9.60. The number of halogens is 1. The monoisotopic (exact) mass is 478 g/mol. The molecule has 0 spiro atoms. The van der Waals surface area contributed by atoms with Crippen molar-refractivity contribution >= 4 is 55.9 Å². The summed E-state index contributed by atoms with van der Waals surface area (Å²) in [7, 11) is 0. The van der Waals surface area contributed by atoms with Gasteiger partial charge in [0.25, 0.3) is 5.91 Å². The zero-order chi connectivity index (χ0) is 23.5. The molecule has 33 heavy (non-hydrogen) atoms. The van der Waals surface area contributed by atoms with Crippen molar-refractivity contribution in [3.63, 3.8) is 0 Å². The standard InChI is InChI=1S/C25H23ClN4O2S/c1-14-7-9-17(10-8-14)16(3)27-24(32)30-25-28-20-12-11-18(13-21(20)33-25)23(31)29-22-15(2)5-4-6-19(22)26/h4-13,16H,1-3H3,(H,29,31)(H2,27,28,30,32). The minimum Gasteiger partial charge on any atom is -0.331 e. The number of hydrogen-bond acceptors (Lipinski definition) is 4. The average molecular weight is 479 g/mol. The van der Waals surface area contributed by atoms with Crippen molar-refractivity contribution in [1.82, 2.24) is 10.3 Å². The number of urea groups is 1. The number of anilines is 2. The number of thiazole rings is 1. The Morgan fingerprint density at radius 2 is 1.76 bits per heavy atom. The van der Waals surface area contributed by atoms with Crippen LogP contribution < -0.4 is 16.0 Å². The third kappa shape index (κ3) is 5.32. The van der Waals surface area contributed by atoms with E-state index in [1.54, 1.807) is 24.3 Å². The molecule has 8 heteroatoms. The van der Waals surface area contributed by atoms with Gasteiger partial charge in [-0.15, -0.1) is 0 Å². The molecule has 1 heterocycles. The molecule has 1 aromatic heterocycles. The number of aromatic nitrogens is 1. The minimum absolute atomic E-state index is 0.149. The third-order valence-electron chi connectivity index (χ3n) is 5.26. The quantitative estimate of drug-likeness (QED) is 0.298. The van der Waals surface area contributed by atoms with Crippen LogP contribution in [0.15, 0.2) is 60.7 Å². The predicted octanol–water partition coefficient (Wildman–Crippen LogP) is 6.70. The summed E-state index contributed by atoms with van der Waals surface area (Å²) in [6.07, 6.45) is 0. The van der Waals surface area contributed by atoms with E-state index in [1.807, 2.05) is 57.2 Å². The summed E-state index contributed by atoms with van der Waals surface area (Å²) < 4.78 is 0.792. The largest absolute Gasteiger partial charge is 0.331 e. The predicted molar refractivity (Wildman–Crippen MR) is 136 cm³/mol. The molecule has 4 rings (SSSR count). The highest BCUT2D eigenvalue weighted by molar-refractivity contribution is 7.22. The first-order valence-corrected chi connectivity index (χ1v) is 11.6. The summed E-state index contributed by atoms with van der Waals surface area (Å²) >= 11 is 7.53. The van der Waals surface area contributed by atoms with Gasteiger partial charge in [0.05, 0.1) is 27.0 Å². The van der Waals surface area contributed by atoms with E-state index in [9.17, 15) is 9.59 Å². The second-order valence-corrected chi connectivity index (χ2v) is 9.26. The fraction of sp³-hybridized carbons (Fsp3) is 0.160. The summed E-state index contributed by atoms with van der Waals surface area (Å²) in [6.45, 7) is 5.83. The molecule has 0 fully saturated rings. The first kappa shape index (κ1) is 22.8. The third-order valence-corrected chi connectivity index (χ3v) is 6.51. The van der Waals surface area contributed by atoms with Gasteiger partial charge in [-0.3, -0.25) is 10.1 Å². The first-order chi connectivity index (χ1) is 15.8. The molecule has 0 saturated heterocycles. The van der Waals surface area contributed by atoms with Crippen molar-refractivity contribution in [3.8, 4) is 0 Å². The van der Waals surface area contributed by atoms with Gasteiger partial charge in [0.15, 0.2) is 5.13 Å². The lowest BCUT2D eigenvalue weighted by atomic mass is 10.1. The van der Waals surface area contributed by atoms with Crippen molar-refractivity contribution in [3.05, 3.63) is 87.9 Å². The summed E-state index contributed by atoms with van der Waals surface area (Å²) in [5.74, 6) is -0.263. The van der Waals surface area contributed by atoms with E-state index < -0.39 is 0 Å². The Hall–Kier alpha value is -3.42. The lowest BCUT2D eigenvalue weighted by molar-refractivity contribution is 0.102. The Bertz CT molecular complexity index is 1310. The molecular weight excluding hydrogens is 456 g/mol. The van der Waals surface area contributed by atoms with Gasteiger partial charge in [-0.05, 0) is 56.2 Å². The molecule has 0 bridgehead atoms. The van der Waals surface area contributed by atoms with E-state index in [2.05, 4.69) is 20.9 Å². The first-order valence-electron chi connectivity index (χ1n) is 10.4. The fourth-order valence-corrected chi connectivity index (χ4v) is 4.53. The maximum Gasteiger partial charge on any atom is 0.321 e. The summed E-state index contributed by atoms with van der Waals surface area (Å²) in [5.41, 5.74) is 4.84. The number of nitrogens with zero attached hydrogens (tertiary/aromatic N) is 1. The molecule has 0 aliphatic rings. The molecule has 168 valence electrons. The van der Waals surface area contributed by atoms with Gasteiger partial charge >= 0.3 is 6.03 Å². The Balaban J connectivity index is 1.44. The highest BCUT2D eigenvalue weighted by Crippen LogP contribution is 2.29. The highest BCUT2D eigenvalue weighted by Gasteiger charge is 2.15. The van der Waals surface area contributed by atoms with Gasteiger partial charge in [-0.1, -0.05) is 64.9 Å². The lowest BCUT2D eigenvalue weighted by Gasteiger charge is -2.14. The van der Waals surface area contributed by atoms with E-state index in [1.165, 1.54) is 16.9 Å². The zero-order valence-corrected chi connectivity index (χ0v) is 20.0. The topological polar surface area (TPSA) is 83.1 Å². The Labute approximate surface area is 201 Å². The van der Waals surface area contributed by atoms with Crippen LogP contribution >= 0.6 is 22.9 Å². The van der Waals surface area contributed by atoms with Crippen LogP contribution in [0.2, 0.25) is 5.02 Å². The Kier molecular flexibility index (Phi) is 6.62. The second-order valence-electron chi connectivity index (χ2n) is 7.82. The molecule has 1 atom stereocenters. The smallest absolute Gasteiger partial charge is 0.321 e. The average Bonchev–Trinajstić information content (AvgIpc) is 3.17. The van der Waals surface area contributed by atoms with Crippen LogP contribution in [0.3, 0.4) is 0 Å². The number of amides is 3. The molecule has 3 aromatic carbocycles. The van der Waals surface area contributed by atoms with Crippen molar-refractivity contribution in [1.29, 1.82) is 0 Å². The molecule has 3 amide bonds. The van der Waals surface area contributed by atoms with Crippen LogP contribution in [0.5, 0.6) is 0 Å². The molecule has 0 saturated carbocycles. The Morgan fingerprint density at radius 1 is 1.00 bits per heavy atom. The van der Waals surface area contributed by atoms with Crippen molar-refractivity contribution in [2.75, 3.05) is 10.6 Å². The van der Waals surface area contributed by atoms with Crippen LogP contribution in [-0.2, 0) is 0 Å². The SMILES string of the molecule is Cc1ccc(C(C)NC(=O)Nc2nc3ccc(C(=O)Nc4c(C)cccc4Cl)cc3s2)cc1. The van der Waals surface area contributed by atoms with Gasteiger partial charge < -0.3 is 10.6 Å². The summed E-state index contributed by atoms with van der Waals surface area (Å²) in [6, 6.07) is 18.2. The van der Waals surface area contributed by atoms with Gasteiger partial charge in [0, 0.05) is 5.56 Å². The normalized spacial score (nSPS) is 11.8. The van der Waals surface area contributed by atoms with Crippen LogP contribution in [0, 0.1) is 13.8 Å². The number of para-hydroxylation sites is 1. The lowest BCUT2D eigenvalue weighted by Crippen LogP contribution is -2.31. The van der Waals surface area contributed by atoms with Crippen LogP contribution in [-0.4, -0.2) is 16.9 Å². The molecule has 0 aliphatic carbocycles. The maximum atomic E-state index is 12.8. The van der Waals surface area contributed by atoms with E-state index >= 15 is 0 Å². The number of carbonyl (C=O) groups is 2. The molecule has 1 unspecified atom stereocenters. The van der Waals surface area contributed by atoms with E-state index in [0.29, 0.717) is 26.9 Å². The Morgan fingerprint density at radius 3 is 2.48 bits per heavy atom. The number of rotatable bonds is 5. The van der Waals surface area contributed by atoms with Gasteiger partial charge in [-0.25, -0.2) is 9.78 Å². The van der Waals surface area contributed by atoms with Crippen molar-refractivity contribution in [2.24, 2.45) is 0 Å². The fourth-order valence-electron chi connectivity index (χ4n) is 3.36. The summed E-state index contributed by atoms with van der Waals surface area (Å²) in [4.78, 5) is 29.7. The van der Waals surface area contributed by atoms with E-state index in [0.717, 1.165) is 15.8 Å². The van der Waals surface area contributed by atoms with E-state index in [4.69, 9.17) is 11.6 Å². The number of carbonyl (C=O) groups excluding carboxylic acids is 2. The van der Waals surface area contributed by atoms with Gasteiger partial charge in [-0.2, -0.15) is 0 Å². The molecule has 0 aliphatic heterocycles. The molecule has 4 aromatic rings. The van der Waals surface area contributed by atoms with Crippen LogP contribution in [0.1, 0.15) is 40.0 Å². The molecule has 3 N–H and O–H groups in total. The zero-order valence-electron chi connectivity index (χ0n) is 18.4. The summed E-state index contributed by atoms with van der Waals surface area (Å²) in [5, 5.41) is 9.52. The molecule has 0 radical (unpaired) electrons.